The van der Waals surface area contributed by atoms with E-state index in [0.717, 1.165) is 46.1 Å². The predicted octanol–water partition coefficient (Wildman–Crippen LogP) is 5.32. The summed E-state index contributed by atoms with van der Waals surface area (Å²) in [5, 5.41) is 0.772. The Kier molecular flexibility index (Phi) is 7.98. The van der Waals surface area contributed by atoms with Crippen LogP contribution in [0.15, 0.2) is 42.5 Å². The average molecular weight is 418 g/mol. The molecule has 0 aliphatic carbocycles. The van der Waals surface area contributed by atoms with E-state index in [1.54, 1.807) is 11.3 Å². The van der Waals surface area contributed by atoms with Gasteiger partial charge in [0.15, 0.2) is 5.13 Å². The molecule has 1 amide bonds. The molecule has 4 nitrogen and oxygen atoms in total. The van der Waals surface area contributed by atoms with E-state index in [0.29, 0.717) is 6.54 Å². The van der Waals surface area contributed by atoms with Crippen LogP contribution in [-0.4, -0.2) is 42.0 Å². The van der Waals surface area contributed by atoms with Crippen molar-refractivity contribution in [3.63, 3.8) is 0 Å². The van der Waals surface area contributed by atoms with Crippen molar-refractivity contribution in [2.45, 2.75) is 27.7 Å². The first-order valence-electron chi connectivity index (χ1n) is 9.50. The number of halogens is 1. The van der Waals surface area contributed by atoms with Gasteiger partial charge in [-0.05, 0) is 50.7 Å². The first-order valence-corrected chi connectivity index (χ1v) is 10.3. The summed E-state index contributed by atoms with van der Waals surface area (Å²) in [6.45, 7) is 11.8. The van der Waals surface area contributed by atoms with Crippen LogP contribution in [0.4, 0.5) is 5.13 Å². The zero-order valence-electron chi connectivity index (χ0n) is 16.9. The number of benzene rings is 2. The first kappa shape index (κ1) is 22.3. The van der Waals surface area contributed by atoms with Gasteiger partial charge in [0.1, 0.15) is 0 Å². The number of amides is 1. The zero-order chi connectivity index (χ0) is 19.4. The smallest absolute Gasteiger partial charge is 0.260 e. The van der Waals surface area contributed by atoms with Crippen molar-refractivity contribution in [3.8, 4) is 0 Å². The van der Waals surface area contributed by atoms with Gasteiger partial charge < -0.3 is 4.90 Å². The van der Waals surface area contributed by atoms with Crippen LogP contribution in [0.25, 0.3) is 10.2 Å². The number of aromatic nitrogens is 1. The minimum atomic E-state index is 0. The fourth-order valence-corrected chi connectivity index (χ4v) is 4.23. The third-order valence-electron chi connectivity index (χ3n) is 4.91. The van der Waals surface area contributed by atoms with Gasteiger partial charge >= 0.3 is 0 Å². The maximum Gasteiger partial charge on any atom is 0.260 e. The third kappa shape index (κ3) is 4.90. The molecule has 0 aliphatic heterocycles. The Hall–Kier alpha value is -1.95. The minimum absolute atomic E-state index is 0. The molecule has 0 radical (unpaired) electrons. The standard InChI is InChI=1S/C22H27N3OS.ClH/c1-5-24(6-2)13-14-25(21(26)18-12-11-16(3)15-17(18)4)22-23-19-9-7-8-10-20(19)27-22;/h7-12,15H,5-6,13-14H2,1-4H3;1H. The van der Waals surface area contributed by atoms with Gasteiger partial charge in [0.05, 0.1) is 10.2 Å². The molecular formula is C22H28ClN3OS. The summed E-state index contributed by atoms with van der Waals surface area (Å²) in [6, 6.07) is 14.1. The molecule has 6 heteroatoms. The summed E-state index contributed by atoms with van der Waals surface area (Å²) in [6.07, 6.45) is 0. The molecule has 2 aromatic carbocycles. The highest BCUT2D eigenvalue weighted by molar-refractivity contribution is 7.22. The summed E-state index contributed by atoms with van der Waals surface area (Å²) < 4.78 is 1.11. The normalized spacial score (nSPS) is 10.9. The topological polar surface area (TPSA) is 36.4 Å². The summed E-state index contributed by atoms with van der Waals surface area (Å²) in [5.74, 6) is 0.0266. The fourth-order valence-electron chi connectivity index (χ4n) is 3.24. The molecule has 0 spiro atoms. The molecule has 0 aliphatic rings. The van der Waals surface area contributed by atoms with Crippen molar-refractivity contribution in [2.75, 3.05) is 31.1 Å². The van der Waals surface area contributed by atoms with Gasteiger partial charge in [0.2, 0.25) is 0 Å². The lowest BCUT2D eigenvalue weighted by Gasteiger charge is -2.25. The number of carbonyl (C=O) groups is 1. The highest BCUT2D eigenvalue weighted by Gasteiger charge is 2.23. The first-order chi connectivity index (χ1) is 13.0. The summed E-state index contributed by atoms with van der Waals surface area (Å²) in [4.78, 5) is 22.3. The molecule has 150 valence electrons. The molecule has 0 saturated carbocycles. The van der Waals surface area contributed by atoms with Crippen molar-refractivity contribution in [2.24, 2.45) is 0 Å². The molecule has 0 N–H and O–H groups in total. The van der Waals surface area contributed by atoms with E-state index < -0.39 is 0 Å². The maximum atomic E-state index is 13.4. The number of rotatable bonds is 7. The Bertz CT molecular complexity index is 903. The number of anilines is 1. The van der Waals surface area contributed by atoms with Gasteiger partial charge in [0.25, 0.3) is 5.91 Å². The molecule has 0 unspecified atom stereocenters. The van der Waals surface area contributed by atoms with E-state index in [-0.39, 0.29) is 18.3 Å². The molecule has 0 saturated heterocycles. The quantitative estimate of drug-likeness (QED) is 0.521. The molecule has 0 bridgehead atoms. The van der Waals surface area contributed by atoms with E-state index in [1.165, 1.54) is 5.56 Å². The van der Waals surface area contributed by atoms with Crippen molar-refractivity contribution in [1.29, 1.82) is 0 Å². The van der Waals surface area contributed by atoms with Gasteiger partial charge in [-0.25, -0.2) is 4.98 Å². The van der Waals surface area contributed by atoms with Crippen LogP contribution >= 0.6 is 23.7 Å². The average Bonchev–Trinajstić information content (AvgIpc) is 3.08. The van der Waals surface area contributed by atoms with Crippen molar-refractivity contribution in [3.05, 3.63) is 59.2 Å². The number of likely N-dealkylation sites (N-methyl/N-ethyl adjacent to an activating group) is 1. The number of para-hydroxylation sites is 1. The van der Waals surface area contributed by atoms with Crippen molar-refractivity contribution in [1.82, 2.24) is 9.88 Å². The molecule has 1 heterocycles. The monoisotopic (exact) mass is 417 g/mol. The van der Waals surface area contributed by atoms with E-state index in [1.807, 2.05) is 49.1 Å². The SMILES string of the molecule is CCN(CC)CCN(C(=O)c1ccc(C)cc1C)c1nc2ccccc2s1.Cl. The lowest BCUT2D eigenvalue weighted by Crippen LogP contribution is -2.39. The highest BCUT2D eigenvalue weighted by atomic mass is 35.5. The lowest BCUT2D eigenvalue weighted by molar-refractivity contribution is 0.0983. The Morgan fingerprint density at radius 2 is 1.75 bits per heavy atom. The minimum Gasteiger partial charge on any atom is -0.302 e. The van der Waals surface area contributed by atoms with Gasteiger partial charge in [-0.2, -0.15) is 0 Å². The highest BCUT2D eigenvalue weighted by Crippen LogP contribution is 2.30. The van der Waals surface area contributed by atoms with E-state index in [2.05, 4.69) is 30.9 Å². The van der Waals surface area contributed by atoms with Crippen molar-refractivity contribution < 1.29 is 4.79 Å². The number of aryl methyl sites for hydroxylation is 2. The van der Waals surface area contributed by atoms with Crippen LogP contribution in [0.2, 0.25) is 0 Å². The number of hydrogen-bond acceptors (Lipinski definition) is 4. The van der Waals surface area contributed by atoms with Crippen LogP contribution in [0.3, 0.4) is 0 Å². The summed E-state index contributed by atoms with van der Waals surface area (Å²) in [7, 11) is 0. The number of thiazole rings is 1. The zero-order valence-corrected chi connectivity index (χ0v) is 18.6. The maximum absolute atomic E-state index is 13.4. The molecule has 3 aromatic rings. The second-order valence-electron chi connectivity index (χ2n) is 6.77. The van der Waals surface area contributed by atoms with E-state index in [9.17, 15) is 4.79 Å². The largest absolute Gasteiger partial charge is 0.302 e. The van der Waals surface area contributed by atoms with Crippen LogP contribution < -0.4 is 4.90 Å². The Labute approximate surface area is 177 Å². The Morgan fingerprint density at radius 1 is 1.04 bits per heavy atom. The predicted molar refractivity (Wildman–Crippen MR) is 122 cm³/mol. The lowest BCUT2D eigenvalue weighted by atomic mass is 10.0. The van der Waals surface area contributed by atoms with Crippen LogP contribution in [0, 0.1) is 13.8 Å². The van der Waals surface area contributed by atoms with Crippen LogP contribution in [-0.2, 0) is 0 Å². The molecule has 1 aromatic heterocycles. The number of hydrogen-bond donors (Lipinski definition) is 0. The Balaban J connectivity index is 0.00000280. The second kappa shape index (κ2) is 10.0. The third-order valence-corrected chi connectivity index (χ3v) is 5.96. The molecule has 28 heavy (non-hydrogen) atoms. The number of fused-ring (bicyclic) bond motifs is 1. The van der Waals surface area contributed by atoms with Gasteiger partial charge in [0, 0.05) is 18.7 Å². The molecular weight excluding hydrogens is 390 g/mol. The van der Waals surface area contributed by atoms with Crippen molar-refractivity contribution >= 4 is 45.0 Å². The number of nitrogens with zero attached hydrogens (tertiary/aromatic N) is 3. The molecule has 0 fully saturated rings. The van der Waals surface area contributed by atoms with Crippen LogP contribution in [0.5, 0.6) is 0 Å². The Morgan fingerprint density at radius 3 is 2.39 bits per heavy atom. The summed E-state index contributed by atoms with van der Waals surface area (Å²) >= 11 is 1.58. The van der Waals surface area contributed by atoms with Gasteiger partial charge in [-0.1, -0.05) is 55.0 Å². The van der Waals surface area contributed by atoms with E-state index in [4.69, 9.17) is 4.98 Å². The molecule has 0 atom stereocenters. The second-order valence-corrected chi connectivity index (χ2v) is 7.78. The van der Waals surface area contributed by atoms with Gasteiger partial charge in [-0.3, -0.25) is 9.69 Å². The fraction of sp³-hybridized carbons (Fsp3) is 0.364. The van der Waals surface area contributed by atoms with E-state index >= 15 is 0 Å². The van der Waals surface area contributed by atoms with Crippen LogP contribution in [0.1, 0.15) is 35.3 Å². The number of carbonyl (C=O) groups excluding carboxylic acids is 1. The molecule has 3 rings (SSSR count). The van der Waals surface area contributed by atoms with Gasteiger partial charge in [-0.15, -0.1) is 12.4 Å². The summed E-state index contributed by atoms with van der Waals surface area (Å²) in [5.41, 5.74) is 3.87.